The zero-order valence-electron chi connectivity index (χ0n) is 18.2. The molecule has 0 spiro atoms. The molecule has 0 amide bonds. The quantitative estimate of drug-likeness (QED) is 0.239. The highest BCUT2D eigenvalue weighted by Crippen LogP contribution is 2.10. The Bertz CT molecular complexity index is 578. The molecule has 0 aliphatic rings. The van der Waals surface area contributed by atoms with Gasteiger partial charge in [-0.1, -0.05) is 75.9 Å². The molecular formula is C25H38O4. The van der Waals surface area contributed by atoms with E-state index in [9.17, 15) is 9.59 Å². The van der Waals surface area contributed by atoms with Gasteiger partial charge in [-0.15, -0.1) is 0 Å². The Labute approximate surface area is 176 Å². The summed E-state index contributed by atoms with van der Waals surface area (Å²) in [6.45, 7) is 5.22. The van der Waals surface area contributed by atoms with Gasteiger partial charge in [-0.25, -0.2) is 0 Å². The number of benzene rings is 1. The van der Waals surface area contributed by atoms with Gasteiger partial charge in [0.15, 0.2) is 0 Å². The smallest absolute Gasteiger partial charge is 0.306 e. The van der Waals surface area contributed by atoms with Crippen LogP contribution in [-0.4, -0.2) is 25.2 Å². The minimum atomic E-state index is -0.136. The fraction of sp³-hybridized carbons (Fsp3) is 0.600. The lowest BCUT2D eigenvalue weighted by Gasteiger charge is -2.06. The molecule has 0 unspecified atom stereocenters. The Morgan fingerprint density at radius 3 is 2.03 bits per heavy atom. The number of carbonyl (C=O) groups excluding carboxylic acids is 2. The second-order valence-electron chi connectivity index (χ2n) is 7.87. The average molecular weight is 403 g/mol. The molecule has 4 nitrogen and oxygen atoms in total. The average Bonchev–Trinajstić information content (AvgIpc) is 2.71. The van der Waals surface area contributed by atoms with E-state index in [-0.39, 0.29) is 11.9 Å². The van der Waals surface area contributed by atoms with Crippen molar-refractivity contribution in [2.24, 2.45) is 5.92 Å². The van der Waals surface area contributed by atoms with Crippen LogP contribution in [0.25, 0.3) is 6.08 Å². The third-order valence-corrected chi connectivity index (χ3v) is 4.65. The van der Waals surface area contributed by atoms with Gasteiger partial charge in [0.25, 0.3) is 0 Å². The fourth-order valence-electron chi connectivity index (χ4n) is 2.96. The van der Waals surface area contributed by atoms with Crippen LogP contribution in [0.2, 0.25) is 0 Å². The number of carbonyl (C=O) groups is 2. The highest BCUT2D eigenvalue weighted by molar-refractivity contribution is 5.69. The van der Waals surface area contributed by atoms with Crippen molar-refractivity contribution in [1.82, 2.24) is 0 Å². The summed E-state index contributed by atoms with van der Waals surface area (Å²) >= 11 is 0. The summed E-state index contributed by atoms with van der Waals surface area (Å²) in [4.78, 5) is 23.3. The summed E-state index contributed by atoms with van der Waals surface area (Å²) in [7, 11) is 0. The number of esters is 2. The van der Waals surface area contributed by atoms with E-state index < -0.39 is 0 Å². The molecule has 1 aromatic carbocycles. The van der Waals surface area contributed by atoms with Gasteiger partial charge < -0.3 is 9.47 Å². The number of ether oxygens (including phenoxy) is 2. The molecule has 0 bridgehead atoms. The molecule has 0 fully saturated rings. The molecule has 0 saturated carbocycles. The van der Waals surface area contributed by atoms with Crippen LogP contribution in [0.5, 0.6) is 0 Å². The van der Waals surface area contributed by atoms with Crippen molar-refractivity contribution in [3.63, 3.8) is 0 Å². The summed E-state index contributed by atoms with van der Waals surface area (Å²) in [6, 6.07) is 9.95. The molecule has 0 aliphatic heterocycles. The fourth-order valence-corrected chi connectivity index (χ4v) is 2.96. The molecule has 29 heavy (non-hydrogen) atoms. The van der Waals surface area contributed by atoms with Crippen LogP contribution in [0.4, 0.5) is 0 Å². The summed E-state index contributed by atoms with van der Waals surface area (Å²) < 4.78 is 10.4. The van der Waals surface area contributed by atoms with Gasteiger partial charge in [-0.3, -0.25) is 9.59 Å². The number of hydrogen-bond donors (Lipinski definition) is 0. The largest absolute Gasteiger partial charge is 0.466 e. The van der Waals surface area contributed by atoms with Crippen molar-refractivity contribution >= 4 is 18.0 Å². The minimum Gasteiger partial charge on any atom is -0.466 e. The molecule has 0 aromatic heterocycles. The molecule has 0 N–H and O–H groups in total. The van der Waals surface area contributed by atoms with Crippen molar-refractivity contribution in [3.8, 4) is 0 Å². The third-order valence-electron chi connectivity index (χ3n) is 4.65. The monoisotopic (exact) mass is 402 g/mol. The molecular weight excluding hydrogens is 364 g/mol. The molecule has 4 heteroatoms. The van der Waals surface area contributed by atoms with Crippen molar-refractivity contribution in [1.29, 1.82) is 0 Å². The lowest BCUT2D eigenvalue weighted by molar-refractivity contribution is -0.144. The Morgan fingerprint density at radius 2 is 1.41 bits per heavy atom. The zero-order valence-corrected chi connectivity index (χ0v) is 18.2. The Hall–Kier alpha value is -2.10. The first-order valence-corrected chi connectivity index (χ1v) is 11.1. The molecule has 0 atom stereocenters. The molecule has 162 valence electrons. The predicted octanol–water partition coefficient (Wildman–Crippen LogP) is 6.34. The van der Waals surface area contributed by atoms with Crippen LogP contribution in [-0.2, 0) is 19.1 Å². The van der Waals surface area contributed by atoms with E-state index in [4.69, 9.17) is 9.47 Å². The first kappa shape index (κ1) is 24.9. The van der Waals surface area contributed by atoms with Gasteiger partial charge in [0.1, 0.15) is 6.61 Å². The van der Waals surface area contributed by atoms with Gasteiger partial charge in [0.2, 0.25) is 0 Å². The van der Waals surface area contributed by atoms with Gasteiger partial charge in [0.05, 0.1) is 6.61 Å². The molecule has 1 aromatic rings. The SMILES string of the molecule is CC(C)CCCOC(=O)CCCCCCCCC(=O)OC/C=C/c1ccccc1. The van der Waals surface area contributed by atoms with E-state index in [0.29, 0.717) is 32.0 Å². The highest BCUT2D eigenvalue weighted by atomic mass is 16.5. The maximum Gasteiger partial charge on any atom is 0.306 e. The molecule has 0 heterocycles. The molecule has 1 rings (SSSR count). The lowest BCUT2D eigenvalue weighted by atomic mass is 10.1. The Balaban J connectivity index is 1.88. The zero-order chi connectivity index (χ0) is 21.2. The maximum atomic E-state index is 11.7. The maximum absolute atomic E-state index is 11.7. The summed E-state index contributed by atoms with van der Waals surface area (Å²) in [5.74, 6) is 0.452. The van der Waals surface area contributed by atoms with Gasteiger partial charge >= 0.3 is 11.9 Å². The van der Waals surface area contributed by atoms with Gasteiger partial charge in [-0.05, 0) is 43.2 Å². The van der Waals surface area contributed by atoms with Crippen LogP contribution < -0.4 is 0 Å². The molecule has 0 saturated heterocycles. The van der Waals surface area contributed by atoms with Crippen LogP contribution in [0.15, 0.2) is 36.4 Å². The topological polar surface area (TPSA) is 52.6 Å². The Morgan fingerprint density at radius 1 is 0.828 bits per heavy atom. The van der Waals surface area contributed by atoms with E-state index in [0.717, 1.165) is 56.9 Å². The van der Waals surface area contributed by atoms with Gasteiger partial charge in [0, 0.05) is 12.8 Å². The van der Waals surface area contributed by atoms with E-state index in [1.807, 2.05) is 42.5 Å². The van der Waals surface area contributed by atoms with Crippen molar-refractivity contribution in [2.45, 2.75) is 78.1 Å². The van der Waals surface area contributed by atoms with E-state index in [1.165, 1.54) is 0 Å². The first-order chi connectivity index (χ1) is 14.1. The number of unbranched alkanes of at least 4 members (excludes halogenated alkanes) is 5. The highest BCUT2D eigenvalue weighted by Gasteiger charge is 2.04. The normalized spacial score (nSPS) is 11.1. The van der Waals surface area contributed by atoms with Crippen molar-refractivity contribution in [2.75, 3.05) is 13.2 Å². The third kappa shape index (κ3) is 15.5. The van der Waals surface area contributed by atoms with Crippen LogP contribution in [0, 0.1) is 5.92 Å². The van der Waals surface area contributed by atoms with E-state index >= 15 is 0 Å². The molecule has 0 radical (unpaired) electrons. The lowest BCUT2D eigenvalue weighted by Crippen LogP contribution is -2.06. The standard InChI is InChI=1S/C25H38O4/c1-22(2)14-12-20-28-24(26)18-10-5-3-4-6-11-19-25(27)29-21-13-17-23-15-8-7-9-16-23/h7-9,13,15-17,22H,3-6,10-12,14,18-21H2,1-2H3/b17-13+. The predicted molar refractivity (Wildman–Crippen MR) is 118 cm³/mol. The van der Waals surface area contributed by atoms with Crippen molar-refractivity contribution < 1.29 is 19.1 Å². The first-order valence-electron chi connectivity index (χ1n) is 11.1. The summed E-state index contributed by atoms with van der Waals surface area (Å²) in [6.07, 6.45) is 12.9. The van der Waals surface area contributed by atoms with Crippen LogP contribution in [0.3, 0.4) is 0 Å². The van der Waals surface area contributed by atoms with E-state index in [1.54, 1.807) is 0 Å². The second kappa shape index (κ2) is 16.8. The second-order valence-corrected chi connectivity index (χ2v) is 7.87. The summed E-state index contributed by atoms with van der Waals surface area (Å²) in [5.41, 5.74) is 1.10. The Kier molecular flexibility index (Phi) is 14.5. The van der Waals surface area contributed by atoms with Crippen LogP contribution in [0.1, 0.15) is 83.6 Å². The molecule has 0 aliphatic carbocycles. The number of rotatable bonds is 16. The van der Waals surface area contributed by atoms with Crippen LogP contribution >= 0.6 is 0 Å². The van der Waals surface area contributed by atoms with Crippen molar-refractivity contribution in [3.05, 3.63) is 42.0 Å². The van der Waals surface area contributed by atoms with Gasteiger partial charge in [-0.2, -0.15) is 0 Å². The summed E-state index contributed by atoms with van der Waals surface area (Å²) in [5, 5.41) is 0. The number of hydrogen-bond acceptors (Lipinski definition) is 4. The minimum absolute atomic E-state index is 0.0715. The van der Waals surface area contributed by atoms with E-state index in [2.05, 4.69) is 13.8 Å².